The van der Waals surface area contributed by atoms with Crippen molar-refractivity contribution in [3.63, 3.8) is 0 Å². The molecule has 0 spiro atoms. The number of carbonyl (C=O) groups is 1. The van der Waals surface area contributed by atoms with Crippen LogP contribution in [0.5, 0.6) is 0 Å². The Hall–Kier alpha value is -0.810. The Morgan fingerprint density at radius 1 is 1.32 bits per heavy atom. The summed E-state index contributed by atoms with van der Waals surface area (Å²) in [7, 11) is 1.80. The van der Waals surface area contributed by atoms with Crippen molar-refractivity contribution in [1.82, 2.24) is 10.6 Å². The van der Waals surface area contributed by atoms with E-state index in [0.717, 1.165) is 5.56 Å². The van der Waals surface area contributed by atoms with Gasteiger partial charge in [0, 0.05) is 24.0 Å². The normalized spacial score (nSPS) is 13.3. The molecule has 0 aromatic heterocycles. The Morgan fingerprint density at radius 2 is 1.89 bits per heavy atom. The summed E-state index contributed by atoms with van der Waals surface area (Å²) in [5, 5.41) is 16.2. The fraction of sp³-hybridized carbons (Fsp3) is 0.462. The van der Waals surface area contributed by atoms with Gasteiger partial charge in [-0.2, -0.15) is 0 Å². The number of hydrogen-bond donors (Lipinski definition) is 3. The molecule has 0 fully saturated rings. The van der Waals surface area contributed by atoms with Gasteiger partial charge in [0.05, 0.1) is 6.10 Å². The van der Waals surface area contributed by atoms with Crippen LogP contribution in [-0.4, -0.2) is 31.2 Å². The van der Waals surface area contributed by atoms with Crippen LogP contribution in [0.3, 0.4) is 0 Å². The molecular formula is C13H20Cl2N2O2. The van der Waals surface area contributed by atoms with Gasteiger partial charge in [-0.1, -0.05) is 30.7 Å². The molecular weight excluding hydrogens is 287 g/mol. The summed E-state index contributed by atoms with van der Waals surface area (Å²) in [5.41, 5.74) is 0.737. The summed E-state index contributed by atoms with van der Waals surface area (Å²) >= 11 is 5.76. The second kappa shape index (κ2) is 9.15. The van der Waals surface area contributed by atoms with Crippen molar-refractivity contribution in [2.75, 3.05) is 20.1 Å². The molecule has 0 radical (unpaired) electrons. The van der Waals surface area contributed by atoms with Crippen molar-refractivity contribution in [2.45, 2.75) is 13.0 Å². The quantitative estimate of drug-likeness (QED) is 0.750. The van der Waals surface area contributed by atoms with Crippen molar-refractivity contribution in [1.29, 1.82) is 0 Å². The topological polar surface area (TPSA) is 61.4 Å². The molecule has 0 aliphatic carbocycles. The van der Waals surface area contributed by atoms with E-state index in [0.29, 0.717) is 11.6 Å². The lowest BCUT2D eigenvalue weighted by Gasteiger charge is -2.15. The number of halogens is 2. The predicted molar refractivity (Wildman–Crippen MR) is 79.8 cm³/mol. The van der Waals surface area contributed by atoms with E-state index in [2.05, 4.69) is 10.6 Å². The summed E-state index contributed by atoms with van der Waals surface area (Å²) in [6.45, 7) is 2.65. The van der Waals surface area contributed by atoms with Crippen molar-refractivity contribution in [3.05, 3.63) is 34.9 Å². The van der Waals surface area contributed by atoms with Gasteiger partial charge >= 0.3 is 0 Å². The highest BCUT2D eigenvalue weighted by molar-refractivity contribution is 6.30. The maximum atomic E-state index is 11.6. The monoisotopic (exact) mass is 306 g/mol. The molecule has 6 heteroatoms. The molecule has 2 unspecified atom stereocenters. The number of aliphatic hydroxyl groups is 1. The van der Waals surface area contributed by atoms with Crippen LogP contribution in [0.2, 0.25) is 5.02 Å². The number of benzene rings is 1. The van der Waals surface area contributed by atoms with Gasteiger partial charge in [-0.3, -0.25) is 4.79 Å². The largest absolute Gasteiger partial charge is 0.387 e. The minimum absolute atomic E-state index is 0. The van der Waals surface area contributed by atoms with Crippen LogP contribution < -0.4 is 10.6 Å². The smallest absolute Gasteiger partial charge is 0.224 e. The molecule has 108 valence electrons. The first-order chi connectivity index (χ1) is 8.54. The summed E-state index contributed by atoms with van der Waals surface area (Å²) < 4.78 is 0. The number of carbonyl (C=O) groups excluding carboxylic acids is 1. The van der Waals surface area contributed by atoms with Gasteiger partial charge in [0.15, 0.2) is 0 Å². The molecule has 0 saturated carbocycles. The predicted octanol–water partition coefficient (Wildman–Crippen LogP) is 1.77. The number of rotatable bonds is 6. The second-order valence-electron chi connectivity index (χ2n) is 4.27. The Balaban J connectivity index is 0.00000324. The SMILES string of the molecule is CNCC(C)C(=O)NCC(O)c1ccc(Cl)cc1.Cl. The van der Waals surface area contributed by atoms with Crippen molar-refractivity contribution < 1.29 is 9.90 Å². The van der Waals surface area contributed by atoms with Gasteiger partial charge in [0.2, 0.25) is 5.91 Å². The fourth-order valence-corrected chi connectivity index (χ4v) is 1.70. The molecule has 1 amide bonds. The van der Waals surface area contributed by atoms with Gasteiger partial charge in [-0.25, -0.2) is 0 Å². The summed E-state index contributed by atoms with van der Waals surface area (Å²) in [4.78, 5) is 11.6. The molecule has 4 nitrogen and oxygen atoms in total. The van der Waals surface area contributed by atoms with E-state index >= 15 is 0 Å². The van der Waals surface area contributed by atoms with Crippen molar-refractivity contribution >= 4 is 29.9 Å². The Bertz CT molecular complexity index is 385. The minimum Gasteiger partial charge on any atom is -0.387 e. The average Bonchev–Trinajstić information content (AvgIpc) is 2.36. The van der Waals surface area contributed by atoms with Crippen LogP contribution in [0.4, 0.5) is 0 Å². The highest BCUT2D eigenvalue weighted by Gasteiger charge is 2.14. The van der Waals surface area contributed by atoms with E-state index < -0.39 is 6.10 Å². The van der Waals surface area contributed by atoms with E-state index in [1.54, 1.807) is 31.3 Å². The fourth-order valence-electron chi connectivity index (χ4n) is 1.57. The second-order valence-corrected chi connectivity index (χ2v) is 4.71. The highest BCUT2D eigenvalue weighted by atomic mass is 35.5. The Labute approximate surface area is 124 Å². The average molecular weight is 307 g/mol. The first kappa shape index (κ1) is 18.2. The van der Waals surface area contributed by atoms with E-state index in [1.165, 1.54) is 0 Å². The molecule has 1 rings (SSSR count). The third-order valence-electron chi connectivity index (χ3n) is 2.68. The van der Waals surface area contributed by atoms with E-state index in [-0.39, 0.29) is 30.8 Å². The summed E-state index contributed by atoms with van der Waals surface area (Å²) in [5.74, 6) is -0.190. The van der Waals surface area contributed by atoms with Gasteiger partial charge in [-0.05, 0) is 24.7 Å². The first-order valence-electron chi connectivity index (χ1n) is 5.90. The molecule has 1 aromatic carbocycles. The molecule has 0 saturated heterocycles. The number of amides is 1. The lowest BCUT2D eigenvalue weighted by atomic mass is 10.1. The zero-order chi connectivity index (χ0) is 13.5. The number of aliphatic hydroxyl groups excluding tert-OH is 1. The van der Waals surface area contributed by atoms with Gasteiger partial charge in [-0.15, -0.1) is 12.4 Å². The van der Waals surface area contributed by atoms with Gasteiger partial charge in [0.25, 0.3) is 0 Å². The maximum absolute atomic E-state index is 11.6. The minimum atomic E-state index is -0.715. The zero-order valence-electron chi connectivity index (χ0n) is 11.0. The molecule has 0 aliphatic rings. The van der Waals surface area contributed by atoms with Gasteiger partial charge < -0.3 is 15.7 Å². The maximum Gasteiger partial charge on any atom is 0.224 e. The van der Waals surface area contributed by atoms with E-state index in [4.69, 9.17) is 11.6 Å². The summed E-state index contributed by atoms with van der Waals surface area (Å²) in [6.07, 6.45) is -0.715. The lowest BCUT2D eigenvalue weighted by Crippen LogP contribution is -2.36. The molecule has 2 atom stereocenters. The van der Waals surface area contributed by atoms with Crippen LogP contribution in [0.25, 0.3) is 0 Å². The first-order valence-corrected chi connectivity index (χ1v) is 6.28. The Kier molecular flexibility index (Phi) is 8.76. The van der Waals surface area contributed by atoms with Crippen molar-refractivity contribution in [2.24, 2.45) is 5.92 Å². The van der Waals surface area contributed by atoms with Crippen LogP contribution in [-0.2, 0) is 4.79 Å². The standard InChI is InChI=1S/C13H19ClN2O2.ClH/c1-9(7-15-2)13(18)16-8-12(17)10-3-5-11(14)6-4-10;/h3-6,9,12,15,17H,7-8H2,1-2H3,(H,16,18);1H. The molecule has 0 bridgehead atoms. The van der Waals surface area contributed by atoms with Crippen LogP contribution >= 0.6 is 24.0 Å². The third kappa shape index (κ3) is 6.25. The van der Waals surface area contributed by atoms with Crippen molar-refractivity contribution in [3.8, 4) is 0 Å². The molecule has 19 heavy (non-hydrogen) atoms. The van der Waals surface area contributed by atoms with E-state index in [1.807, 2.05) is 6.92 Å². The molecule has 1 aromatic rings. The van der Waals surface area contributed by atoms with Gasteiger partial charge in [0.1, 0.15) is 0 Å². The Morgan fingerprint density at radius 3 is 2.42 bits per heavy atom. The molecule has 3 N–H and O–H groups in total. The van der Waals surface area contributed by atoms with Crippen LogP contribution in [0, 0.1) is 5.92 Å². The highest BCUT2D eigenvalue weighted by Crippen LogP contribution is 2.15. The lowest BCUT2D eigenvalue weighted by molar-refractivity contribution is -0.124. The number of hydrogen-bond acceptors (Lipinski definition) is 3. The van der Waals surface area contributed by atoms with Crippen LogP contribution in [0.15, 0.2) is 24.3 Å². The van der Waals surface area contributed by atoms with Crippen LogP contribution in [0.1, 0.15) is 18.6 Å². The number of nitrogens with one attached hydrogen (secondary N) is 2. The summed E-state index contributed by atoms with van der Waals surface area (Å²) in [6, 6.07) is 6.92. The molecule has 0 aliphatic heterocycles. The van der Waals surface area contributed by atoms with E-state index in [9.17, 15) is 9.90 Å². The molecule has 0 heterocycles. The third-order valence-corrected chi connectivity index (χ3v) is 2.93. The zero-order valence-corrected chi connectivity index (χ0v) is 12.6.